The maximum atomic E-state index is 10.8. The predicted octanol–water partition coefficient (Wildman–Crippen LogP) is 1.48. The van der Waals surface area contributed by atoms with E-state index in [4.69, 9.17) is 5.11 Å². The molecule has 6 heteroatoms. The third-order valence-electron chi connectivity index (χ3n) is 2.05. The largest absolute Gasteiger partial charge is 0.394 e. The molecule has 0 aliphatic carbocycles. The zero-order valence-corrected chi connectivity index (χ0v) is 9.52. The SMILES string of the molecule is Cc1cnc(NC(C)(C)CO)c([N+](=O)[O-])c1. The van der Waals surface area contributed by atoms with Gasteiger partial charge in [0.2, 0.25) is 5.82 Å². The Kier molecular flexibility index (Phi) is 3.44. The first-order chi connectivity index (χ1) is 7.35. The van der Waals surface area contributed by atoms with Crippen LogP contribution >= 0.6 is 0 Å². The molecule has 1 aromatic rings. The van der Waals surface area contributed by atoms with Gasteiger partial charge in [-0.3, -0.25) is 10.1 Å². The maximum absolute atomic E-state index is 10.8. The van der Waals surface area contributed by atoms with E-state index in [0.717, 1.165) is 5.56 Å². The molecule has 6 nitrogen and oxygen atoms in total. The smallest absolute Gasteiger partial charge is 0.311 e. The summed E-state index contributed by atoms with van der Waals surface area (Å²) in [6.07, 6.45) is 1.54. The molecule has 0 saturated heterocycles. The van der Waals surface area contributed by atoms with Gasteiger partial charge in [0.15, 0.2) is 0 Å². The Labute approximate surface area is 93.5 Å². The Balaban J connectivity index is 3.09. The van der Waals surface area contributed by atoms with Gasteiger partial charge in [0.25, 0.3) is 0 Å². The molecule has 0 radical (unpaired) electrons. The second kappa shape index (κ2) is 4.44. The highest BCUT2D eigenvalue weighted by atomic mass is 16.6. The number of hydrogen-bond donors (Lipinski definition) is 2. The lowest BCUT2D eigenvalue weighted by Crippen LogP contribution is -2.35. The maximum Gasteiger partial charge on any atom is 0.311 e. The van der Waals surface area contributed by atoms with E-state index in [0.29, 0.717) is 0 Å². The van der Waals surface area contributed by atoms with Crippen molar-refractivity contribution in [2.24, 2.45) is 0 Å². The molecule has 1 rings (SSSR count). The highest BCUT2D eigenvalue weighted by molar-refractivity contribution is 5.57. The van der Waals surface area contributed by atoms with Crippen molar-refractivity contribution in [1.29, 1.82) is 0 Å². The van der Waals surface area contributed by atoms with Crippen LogP contribution in [0.3, 0.4) is 0 Å². The first-order valence-electron chi connectivity index (χ1n) is 4.86. The third-order valence-corrected chi connectivity index (χ3v) is 2.05. The fourth-order valence-corrected chi connectivity index (χ4v) is 1.15. The van der Waals surface area contributed by atoms with Crippen LogP contribution < -0.4 is 5.32 Å². The normalized spacial score (nSPS) is 11.2. The summed E-state index contributed by atoms with van der Waals surface area (Å²) in [5, 5.41) is 22.7. The highest BCUT2D eigenvalue weighted by Gasteiger charge is 2.22. The van der Waals surface area contributed by atoms with Gasteiger partial charge in [-0.15, -0.1) is 0 Å². The fraction of sp³-hybridized carbons (Fsp3) is 0.500. The van der Waals surface area contributed by atoms with E-state index in [1.54, 1.807) is 27.0 Å². The summed E-state index contributed by atoms with van der Waals surface area (Å²) in [4.78, 5) is 14.3. The summed E-state index contributed by atoms with van der Waals surface area (Å²) in [6, 6.07) is 1.45. The summed E-state index contributed by atoms with van der Waals surface area (Å²) in [7, 11) is 0. The average Bonchev–Trinajstić information content (AvgIpc) is 2.20. The van der Waals surface area contributed by atoms with Crippen LogP contribution in [0.25, 0.3) is 0 Å². The zero-order valence-electron chi connectivity index (χ0n) is 9.52. The van der Waals surface area contributed by atoms with Gasteiger partial charge in [0, 0.05) is 12.3 Å². The summed E-state index contributed by atoms with van der Waals surface area (Å²) in [5.41, 5.74) is -0.00639. The summed E-state index contributed by atoms with van der Waals surface area (Å²) < 4.78 is 0. The van der Waals surface area contributed by atoms with Crippen molar-refractivity contribution >= 4 is 11.5 Å². The Morgan fingerprint density at radius 1 is 1.62 bits per heavy atom. The van der Waals surface area contributed by atoms with Crippen molar-refractivity contribution in [3.8, 4) is 0 Å². The van der Waals surface area contributed by atoms with Crippen molar-refractivity contribution in [2.75, 3.05) is 11.9 Å². The van der Waals surface area contributed by atoms with E-state index in [-0.39, 0.29) is 18.1 Å². The Morgan fingerprint density at radius 2 is 2.25 bits per heavy atom. The van der Waals surface area contributed by atoms with Crippen molar-refractivity contribution in [1.82, 2.24) is 4.98 Å². The molecule has 0 fully saturated rings. The number of nitro groups is 1. The van der Waals surface area contributed by atoms with Crippen LogP contribution in [0.4, 0.5) is 11.5 Å². The monoisotopic (exact) mass is 225 g/mol. The molecule has 0 spiro atoms. The van der Waals surface area contributed by atoms with Gasteiger partial charge in [0.05, 0.1) is 17.1 Å². The number of aliphatic hydroxyl groups excluding tert-OH is 1. The standard InChI is InChI=1S/C10H15N3O3/c1-7-4-8(13(15)16)9(11-5-7)12-10(2,3)6-14/h4-5,14H,6H2,1-3H3,(H,11,12). The van der Waals surface area contributed by atoms with Gasteiger partial charge in [-0.25, -0.2) is 4.98 Å². The lowest BCUT2D eigenvalue weighted by molar-refractivity contribution is -0.384. The molecule has 16 heavy (non-hydrogen) atoms. The van der Waals surface area contributed by atoms with E-state index in [1.165, 1.54) is 6.07 Å². The van der Waals surface area contributed by atoms with Crippen molar-refractivity contribution in [3.05, 3.63) is 27.9 Å². The van der Waals surface area contributed by atoms with Crippen LogP contribution in [0.2, 0.25) is 0 Å². The minimum atomic E-state index is -0.646. The van der Waals surface area contributed by atoms with E-state index in [2.05, 4.69) is 10.3 Å². The number of aryl methyl sites for hydroxylation is 1. The number of nitrogens with one attached hydrogen (secondary N) is 1. The second-order valence-electron chi connectivity index (χ2n) is 4.30. The number of nitrogens with zero attached hydrogens (tertiary/aromatic N) is 2. The first-order valence-corrected chi connectivity index (χ1v) is 4.86. The molecule has 0 bridgehead atoms. The first kappa shape index (κ1) is 12.4. The van der Waals surface area contributed by atoms with Crippen molar-refractivity contribution in [3.63, 3.8) is 0 Å². The lowest BCUT2D eigenvalue weighted by atomic mass is 10.1. The zero-order chi connectivity index (χ0) is 12.3. The molecule has 0 saturated carbocycles. The van der Waals surface area contributed by atoms with E-state index in [1.807, 2.05) is 0 Å². The van der Waals surface area contributed by atoms with Gasteiger partial charge >= 0.3 is 5.69 Å². The van der Waals surface area contributed by atoms with Crippen molar-refractivity contribution in [2.45, 2.75) is 26.3 Å². The van der Waals surface area contributed by atoms with Crippen LogP contribution in [0, 0.1) is 17.0 Å². The average molecular weight is 225 g/mol. The predicted molar refractivity (Wildman–Crippen MR) is 60.4 cm³/mol. The van der Waals surface area contributed by atoms with E-state index in [9.17, 15) is 10.1 Å². The molecule has 2 N–H and O–H groups in total. The van der Waals surface area contributed by atoms with Gasteiger partial charge in [-0.05, 0) is 26.3 Å². The molecule has 88 valence electrons. The molecule has 0 aliphatic heterocycles. The van der Waals surface area contributed by atoms with E-state index >= 15 is 0 Å². The van der Waals surface area contributed by atoms with Gasteiger partial charge in [-0.1, -0.05) is 0 Å². The summed E-state index contributed by atoms with van der Waals surface area (Å²) in [5.74, 6) is 0.176. The molecule has 0 atom stereocenters. The van der Waals surface area contributed by atoms with Crippen LogP contribution in [-0.4, -0.2) is 27.2 Å². The third kappa shape index (κ3) is 2.90. The van der Waals surface area contributed by atoms with E-state index < -0.39 is 10.5 Å². The Bertz CT molecular complexity index is 404. The topological polar surface area (TPSA) is 88.3 Å². The van der Waals surface area contributed by atoms with Gasteiger partial charge < -0.3 is 10.4 Å². The quantitative estimate of drug-likeness (QED) is 0.598. The summed E-state index contributed by atoms with van der Waals surface area (Å²) in [6.45, 7) is 5.07. The van der Waals surface area contributed by atoms with Gasteiger partial charge in [-0.2, -0.15) is 0 Å². The minimum absolute atomic E-state index is 0.0819. The number of aromatic nitrogens is 1. The van der Waals surface area contributed by atoms with Gasteiger partial charge in [0.1, 0.15) is 0 Å². The molecule has 1 heterocycles. The molecule has 1 aromatic heterocycles. The number of pyridine rings is 1. The minimum Gasteiger partial charge on any atom is -0.394 e. The molecule has 0 aromatic carbocycles. The number of hydrogen-bond acceptors (Lipinski definition) is 5. The Morgan fingerprint density at radius 3 is 2.75 bits per heavy atom. The lowest BCUT2D eigenvalue weighted by Gasteiger charge is -2.23. The number of anilines is 1. The molecule has 0 aliphatic rings. The highest BCUT2D eigenvalue weighted by Crippen LogP contribution is 2.25. The van der Waals surface area contributed by atoms with Crippen LogP contribution in [0.15, 0.2) is 12.3 Å². The van der Waals surface area contributed by atoms with Crippen LogP contribution in [-0.2, 0) is 0 Å². The summed E-state index contributed by atoms with van der Waals surface area (Å²) >= 11 is 0. The van der Waals surface area contributed by atoms with Crippen LogP contribution in [0.1, 0.15) is 19.4 Å². The number of aliphatic hydroxyl groups is 1. The molecular weight excluding hydrogens is 210 g/mol. The number of rotatable bonds is 4. The molecular formula is C10H15N3O3. The molecule has 0 unspecified atom stereocenters. The van der Waals surface area contributed by atoms with Crippen molar-refractivity contribution < 1.29 is 10.0 Å². The fourth-order valence-electron chi connectivity index (χ4n) is 1.15. The van der Waals surface area contributed by atoms with Crippen LogP contribution in [0.5, 0.6) is 0 Å². The molecule has 0 amide bonds. The second-order valence-corrected chi connectivity index (χ2v) is 4.30. The Hall–Kier alpha value is -1.69.